The molecule has 29 heavy (non-hydrogen) atoms. The van der Waals surface area contributed by atoms with Gasteiger partial charge in [-0.25, -0.2) is 4.98 Å². The van der Waals surface area contributed by atoms with E-state index in [2.05, 4.69) is 15.4 Å². The summed E-state index contributed by atoms with van der Waals surface area (Å²) in [4.78, 5) is 18.8. The number of nitrogens with zero attached hydrogens (tertiary/aromatic N) is 4. The second-order valence-electron chi connectivity index (χ2n) is 7.39. The molecule has 1 aromatic carbocycles. The van der Waals surface area contributed by atoms with Gasteiger partial charge in [-0.1, -0.05) is 36.7 Å². The summed E-state index contributed by atoms with van der Waals surface area (Å²) in [6.45, 7) is 3.57. The Bertz CT molecular complexity index is 1030. The molecular formula is C21H23BClN5O. The maximum atomic E-state index is 12.1. The first-order valence-corrected chi connectivity index (χ1v) is 10.4. The number of hydrogen-bond donors (Lipinski definition) is 1. The van der Waals surface area contributed by atoms with Crippen LogP contribution in [0.2, 0.25) is 5.02 Å². The molecule has 0 unspecified atom stereocenters. The molecule has 1 aliphatic rings. The minimum absolute atomic E-state index is 0.246. The summed E-state index contributed by atoms with van der Waals surface area (Å²) in [6.07, 6.45) is 4.89. The van der Waals surface area contributed by atoms with Gasteiger partial charge in [0.25, 0.3) is 0 Å². The lowest BCUT2D eigenvalue weighted by atomic mass is 10.0. The predicted octanol–water partition coefficient (Wildman–Crippen LogP) is 3.05. The highest BCUT2D eigenvalue weighted by Crippen LogP contribution is 2.29. The number of carbonyl (C=O) groups is 1. The summed E-state index contributed by atoms with van der Waals surface area (Å²) < 4.78 is 1.73. The van der Waals surface area contributed by atoms with E-state index in [0.717, 1.165) is 49.4 Å². The number of anilines is 1. The van der Waals surface area contributed by atoms with E-state index in [1.165, 1.54) is 0 Å². The Kier molecular flexibility index (Phi) is 5.76. The minimum atomic E-state index is 0.246. The molecule has 1 N–H and O–H groups in total. The van der Waals surface area contributed by atoms with Crippen LogP contribution in [0.5, 0.6) is 0 Å². The summed E-state index contributed by atoms with van der Waals surface area (Å²) in [7, 11) is 6.09. The molecule has 2 aromatic heterocycles. The SMILES string of the molecule is [B]c1cnn2c(NC3CCN(C(=O)CCC)CC3)cc(-c3ccccc3Cl)nc12. The molecule has 1 amide bonds. The highest BCUT2D eigenvalue weighted by Gasteiger charge is 2.23. The molecular weight excluding hydrogens is 385 g/mol. The van der Waals surface area contributed by atoms with Gasteiger partial charge in [-0.15, -0.1) is 0 Å². The van der Waals surface area contributed by atoms with Crippen molar-refractivity contribution in [3.63, 3.8) is 0 Å². The molecule has 4 rings (SSSR count). The minimum Gasteiger partial charge on any atom is -0.367 e. The van der Waals surface area contributed by atoms with Crippen molar-refractivity contribution < 1.29 is 4.79 Å². The highest BCUT2D eigenvalue weighted by molar-refractivity contribution is 6.36. The average molecular weight is 408 g/mol. The number of piperidine rings is 1. The van der Waals surface area contributed by atoms with Crippen LogP contribution in [0.4, 0.5) is 5.82 Å². The second kappa shape index (κ2) is 8.45. The van der Waals surface area contributed by atoms with Gasteiger partial charge >= 0.3 is 0 Å². The Morgan fingerprint density at radius 1 is 1.31 bits per heavy atom. The molecule has 0 saturated carbocycles. The fourth-order valence-electron chi connectivity index (χ4n) is 3.74. The largest absolute Gasteiger partial charge is 0.367 e. The number of hydrogen-bond acceptors (Lipinski definition) is 4. The van der Waals surface area contributed by atoms with Crippen LogP contribution in [0, 0.1) is 0 Å². The van der Waals surface area contributed by atoms with Gasteiger partial charge < -0.3 is 10.2 Å². The molecule has 3 aromatic rings. The van der Waals surface area contributed by atoms with Crippen LogP contribution in [-0.2, 0) is 4.79 Å². The third kappa shape index (κ3) is 4.10. The second-order valence-corrected chi connectivity index (χ2v) is 7.80. The number of halogens is 1. The number of fused-ring (bicyclic) bond motifs is 1. The summed E-state index contributed by atoms with van der Waals surface area (Å²) in [6, 6.07) is 9.81. The molecule has 2 radical (unpaired) electrons. The monoisotopic (exact) mass is 407 g/mol. The number of likely N-dealkylation sites (tertiary alicyclic amines) is 1. The molecule has 0 spiro atoms. The smallest absolute Gasteiger partial charge is 0.222 e. The summed E-state index contributed by atoms with van der Waals surface area (Å²) in [5, 5.41) is 8.60. The Labute approximate surface area is 176 Å². The Morgan fingerprint density at radius 3 is 2.79 bits per heavy atom. The quantitative estimate of drug-likeness (QED) is 0.660. The number of rotatable bonds is 5. The number of nitrogens with one attached hydrogen (secondary N) is 1. The first kappa shape index (κ1) is 19.8. The van der Waals surface area contributed by atoms with E-state index in [9.17, 15) is 4.79 Å². The Balaban J connectivity index is 1.59. The van der Waals surface area contributed by atoms with Crippen LogP contribution in [0.15, 0.2) is 36.5 Å². The Hall–Kier alpha value is -2.54. The summed E-state index contributed by atoms with van der Waals surface area (Å²) >= 11 is 6.39. The van der Waals surface area contributed by atoms with Crippen LogP contribution in [0.25, 0.3) is 16.9 Å². The molecule has 6 nitrogen and oxygen atoms in total. The van der Waals surface area contributed by atoms with Gasteiger partial charge in [0.05, 0.1) is 5.69 Å². The molecule has 148 valence electrons. The molecule has 0 aliphatic carbocycles. The predicted molar refractivity (Wildman–Crippen MR) is 117 cm³/mol. The molecule has 8 heteroatoms. The van der Waals surface area contributed by atoms with Crippen molar-refractivity contribution in [1.82, 2.24) is 19.5 Å². The zero-order chi connectivity index (χ0) is 20.4. The van der Waals surface area contributed by atoms with Gasteiger partial charge in [0, 0.05) is 48.4 Å². The highest BCUT2D eigenvalue weighted by atomic mass is 35.5. The molecule has 1 saturated heterocycles. The van der Waals surface area contributed by atoms with E-state index in [0.29, 0.717) is 22.6 Å². The molecule has 3 heterocycles. The topological polar surface area (TPSA) is 62.5 Å². The van der Waals surface area contributed by atoms with Gasteiger partial charge in [0.2, 0.25) is 5.91 Å². The average Bonchev–Trinajstić information content (AvgIpc) is 3.10. The van der Waals surface area contributed by atoms with Crippen molar-refractivity contribution in [2.24, 2.45) is 0 Å². The van der Waals surface area contributed by atoms with Crippen molar-refractivity contribution in [1.29, 1.82) is 0 Å². The van der Waals surface area contributed by atoms with Crippen molar-refractivity contribution in [2.45, 2.75) is 38.6 Å². The lowest BCUT2D eigenvalue weighted by Crippen LogP contribution is -2.42. The van der Waals surface area contributed by atoms with E-state index >= 15 is 0 Å². The van der Waals surface area contributed by atoms with Crippen molar-refractivity contribution >= 4 is 42.3 Å². The van der Waals surface area contributed by atoms with Crippen LogP contribution in [0.1, 0.15) is 32.6 Å². The molecule has 0 bridgehead atoms. The van der Waals surface area contributed by atoms with E-state index < -0.39 is 0 Å². The van der Waals surface area contributed by atoms with Crippen LogP contribution in [-0.4, -0.2) is 52.4 Å². The zero-order valence-corrected chi connectivity index (χ0v) is 17.2. The summed E-state index contributed by atoms with van der Waals surface area (Å²) in [5.74, 6) is 1.07. The molecule has 0 atom stereocenters. The van der Waals surface area contributed by atoms with Crippen molar-refractivity contribution in [3.8, 4) is 11.3 Å². The third-order valence-corrected chi connectivity index (χ3v) is 5.64. The standard InChI is InChI=1S/C21H23BClN5O/c1-2-5-20(29)27-10-8-14(9-11-27)25-19-12-18(15-6-3-4-7-17(15)23)26-21-16(22)13-24-28(19)21/h3-4,6-7,12-14,25H,2,5,8-11H2,1H3. The van der Waals surface area contributed by atoms with Crippen LogP contribution in [0.3, 0.4) is 0 Å². The van der Waals surface area contributed by atoms with Gasteiger partial charge in [0.1, 0.15) is 13.7 Å². The van der Waals surface area contributed by atoms with Crippen LogP contribution < -0.4 is 10.8 Å². The number of amides is 1. The molecule has 1 fully saturated rings. The van der Waals surface area contributed by atoms with Gasteiger partial charge in [-0.3, -0.25) is 4.79 Å². The third-order valence-electron chi connectivity index (χ3n) is 5.31. The lowest BCUT2D eigenvalue weighted by molar-refractivity contribution is -0.132. The maximum Gasteiger partial charge on any atom is 0.222 e. The van der Waals surface area contributed by atoms with E-state index in [4.69, 9.17) is 19.4 Å². The lowest BCUT2D eigenvalue weighted by Gasteiger charge is -2.33. The fourth-order valence-corrected chi connectivity index (χ4v) is 3.98. The first-order chi connectivity index (χ1) is 14.1. The Morgan fingerprint density at radius 2 is 2.07 bits per heavy atom. The fraction of sp³-hybridized carbons (Fsp3) is 0.381. The van der Waals surface area contributed by atoms with Crippen molar-refractivity contribution in [3.05, 3.63) is 41.6 Å². The number of aromatic nitrogens is 3. The maximum absolute atomic E-state index is 12.1. The van der Waals surface area contributed by atoms with Crippen molar-refractivity contribution in [2.75, 3.05) is 18.4 Å². The van der Waals surface area contributed by atoms with E-state index in [1.54, 1.807) is 10.7 Å². The van der Waals surface area contributed by atoms with Crippen LogP contribution >= 0.6 is 11.6 Å². The van der Waals surface area contributed by atoms with Gasteiger partial charge in [-0.2, -0.15) is 9.61 Å². The van der Waals surface area contributed by atoms with Gasteiger partial charge in [0.15, 0.2) is 5.65 Å². The number of benzene rings is 1. The normalized spacial score (nSPS) is 15.0. The van der Waals surface area contributed by atoms with E-state index in [-0.39, 0.29) is 11.9 Å². The number of carbonyl (C=O) groups excluding carboxylic acids is 1. The molecule has 1 aliphatic heterocycles. The van der Waals surface area contributed by atoms with Gasteiger partial charge in [-0.05, 0) is 30.8 Å². The van der Waals surface area contributed by atoms with E-state index in [1.807, 2.05) is 42.2 Å². The zero-order valence-electron chi connectivity index (χ0n) is 16.4. The summed E-state index contributed by atoms with van der Waals surface area (Å²) in [5.41, 5.74) is 2.70. The first-order valence-electron chi connectivity index (χ1n) is 10.00.